The van der Waals surface area contributed by atoms with Gasteiger partial charge in [-0.25, -0.2) is 0 Å². The van der Waals surface area contributed by atoms with Gasteiger partial charge in [-0.15, -0.1) is 0 Å². The minimum atomic E-state index is -0.516. The molecule has 0 saturated carbocycles. The number of carbonyl (C=O) groups is 1. The lowest BCUT2D eigenvalue weighted by Gasteiger charge is -2.15. The molecule has 0 unspecified atom stereocenters. The lowest BCUT2D eigenvalue weighted by Crippen LogP contribution is -2.30. The van der Waals surface area contributed by atoms with Crippen LogP contribution in [0.3, 0.4) is 0 Å². The van der Waals surface area contributed by atoms with E-state index in [2.05, 4.69) is 15.3 Å². The summed E-state index contributed by atoms with van der Waals surface area (Å²) in [7, 11) is 0. The van der Waals surface area contributed by atoms with Crippen LogP contribution in [0.2, 0.25) is 0 Å². The number of hydrogen-bond acceptors (Lipinski definition) is 4. The van der Waals surface area contributed by atoms with Crippen molar-refractivity contribution in [3.05, 3.63) is 34.9 Å². The second kappa shape index (κ2) is 6.16. The molecule has 2 aromatic rings. The number of aromatic nitrogens is 4. The lowest BCUT2D eigenvalue weighted by atomic mass is 10.0. The summed E-state index contributed by atoms with van der Waals surface area (Å²) in [5.74, 6) is -0.0369. The number of nitrogens with one attached hydrogen (secondary N) is 1. The summed E-state index contributed by atoms with van der Waals surface area (Å²) in [5.41, 5.74) is 3.42. The number of aliphatic hydroxyl groups excluding tert-OH is 1. The number of β-amino-alcohol motifs (C(OH)–C–C–N with tert-alkyl or cyclic N) is 1. The highest BCUT2D eigenvalue weighted by Gasteiger charge is 2.35. The van der Waals surface area contributed by atoms with E-state index >= 15 is 0 Å². The van der Waals surface area contributed by atoms with E-state index in [1.54, 1.807) is 11.1 Å². The average Bonchev–Trinajstić information content (AvgIpc) is 3.19. The molecule has 2 N–H and O–H groups in total. The highest BCUT2D eigenvalue weighted by atomic mass is 16.3. The topological polar surface area (TPSA) is 87.0 Å². The molecule has 3 rings (SSSR count). The molecule has 0 radical (unpaired) electrons. The molecule has 23 heavy (non-hydrogen) atoms. The Morgan fingerprint density at radius 2 is 2.22 bits per heavy atom. The van der Waals surface area contributed by atoms with E-state index < -0.39 is 6.10 Å². The van der Waals surface area contributed by atoms with Gasteiger partial charge in [-0.3, -0.25) is 14.6 Å². The van der Waals surface area contributed by atoms with Crippen molar-refractivity contribution in [2.45, 2.75) is 39.8 Å². The van der Waals surface area contributed by atoms with Crippen molar-refractivity contribution < 1.29 is 9.90 Å². The molecule has 2 atom stereocenters. The number of rotatable bonds is 4. The van der Waals surface area contributed by atoms with Crippen molar-refractivity contribution in [2.75, 3.05) is 13.1 Å². The number of likely N-dealkylation sites (tertiary alicyclic amines) is 1. The first-order valence-corrected chi connectivity index (χ1v) is 8.00. The Hall–Kier alpha value is -2.15. The molecule has 2 aromatic heterocycles. The number of hydrogen-bond donors (Lipinski definition) is 2. The molecule has 0 bridgehead atoms. The van der Waals surface area contributed by atoms with Crippen LogP contribution < -0.4 is 0 Å². The molecule has 0 spiro atoms. The van der Waals surface area contributed by atoms with E-state index in [4.69, 9.17) is 0 Å². The lowest BCUT2D eigenvalue weighted by molar-refractivity contribution is 0.0763. The van der Waals surface area contributed by atoms with Crippen molar-refractivity contribution in [3.63, 3.8) is 0 Å². The summed E-state index contributed by atoms with van der Waals surface area (Å²) in [5, 5.41) is 21.6. The van der Waals surface area contributed by atoms with Crippen LogP contribution in [0.15, 0.2) is 12.3 Å². The minimum Gasteiger partial charge on any atom is -0.391 e. The fourth-order valence-electron chi connectivity index (χ4n) is 3.21. The first kappa shape index (κ1) is 15.7. The Labute approximate surface area is 135 Å². The second-order valence-corrected chi connectivity index (χ2v) is 6.24. The SMILES string of the molecule is CCn1ncc(C(=O)N2C[C@@H](Cc3cc(C)[nH]n3)[C@H](O)C2)c1C. The third kappa shape index (κ3) is 3.01. The number of carbonyl (C=O) groups excluding carboxylic acids is 1. The molecular weight excluding hydrogens is 294 g/mol. The van der Waals surface area contributed by atoms with Gasteiger partial charge in [0, 0.05) is 36.9 Å². The van der Waals surface area contributed by atoms with Crippen molar-refractivity contribution >= 4 is 5.91 Å². The van der Waals surface area contributed by atoms with E-state index in [9.17, 15) is 9.90 Å². The van der Waals surface area contributed by atoms with Gasteiger partial charge in [-0.2, -0.15) is 10.2 Å². The largest absolute Gasteiger partial charge is 0.391 e. The molecule has 1 saturated heterocycles. The fraction of sp³-hybridized carbons (Fsp3) is 0.562. The van der Waals surface area contributed by atoms with E-state index in [0.717, 1.165) is 23.6 Å². The van der Waals surface area contributed by atoms with Gasteiger partial charge in [-0.1, -0.05) is 0 Å². The molecular formula is C16H23N5O2. The van der Waals surface area contributed by atoms with Crippen LogP contribution in [0.25, 0.3) is 0 Å². The van der Waals surface area contributed by atoms with Gasteiger partial charge in [0.05, 0.1) is 23.6 Å². The number of aromatic amines is 1. The van der Waals surface area contributed by atoms with Gasteiger partial charge in [0.2, 0.25) is 0 Å². The quantitative estimate of drug-likeness (QED) is 0.878. The number of aliphatic hydroxyl groups is 1. The maximum absolute atomic E-state index is 12.7. The summed E-state index contributed by atoms with van der Waals surface area (Å²) >= 11 is 0. The van der Waals surface area contributed by atoms with Crippen molar-refractivity contribution in [3.8, 4) is 0 Å². The van der Waals surface area contributed by atoms with E-state index in [1.807, 2.05) is 31.5 Å². The third-order valence-electron chi connectivity index (χ3n) is 4.56. The van der Waals surface area contributed by atoms with Gasteiger partial charge in [0.25, 0.3) is 5.91 Å². The summed E-state index contributed by atoms with van der Waals surface area (Å²) in [6.07, 6.45) is 1.78. The van der Waals surface area contributed by atoms with Crippen LogP contribution in [-0.2, 0) is 13.0 Å². The molecule has 1 amide bonds. The minimum absolute atomic E-state index is 0.0168. The predicted octanol–water partition coefficient (Wildman–Crippen LogP) is 0.919. The van der Waals surface area contributed by atoms with Crippen LogP contribution >= 0.6 is 0 Å². The molecule has 1 aliphatic heterocycles. The van der Waals surface area contributed by atoms with Crippen LogP contribution in [0, 0.1) is 19.8 Å². The standard InChI is InChI=1S/C16H23N5O2/c1-4-21-11(3)14(7-17-21)16(23)20-8-12(15(22)9-20)6-13-5-10(2)18-19-13/h5,7,12,15,22H,4,6,8-9H2,1-3H3,(H,18,19)/t12-,15-/m1/s1. The van der Waals surface area contributed by atoms with Crippen molar-refractivity contribution in [1.82, 2.24) is 24.9 Å². The second-order valence-electron chi connectivity index (χ2n) is 6.24. The van der Waals surface area contributed by atoms with Gasteiger partial charge >= 0.3 is 0 Å². The highest BCUT2D eigenvalue weighted by molar-refractivity contribution is 5.95. The number of amides is 1. The van der Waals surface area contributed by atoms with Crippen LogP contribution in [0.1, 0.15) is 34.4 Å². The molecule has 0 aromatic carbocycles. The number of nitrogens with zero attached hydrogens (tertiary/aromatic N) is 4. The van der Waals surface area contributed by atoms with Gasteiger partial charge in [0.1, 0.15) is 0 Å². The smallest absolute Gasteiger partial charge is 0.257 e. The molecule has 124 valence electrons. The Morgan fingerprint density at radius 3 is 2.83 bits per heavy atom. The summed E-state index contributed by atoms with van der Waals surface area (Å²) in [6, 6.07) is 1.98. The number of aryl methyl sites for hydroxylation is 2. The summed E-state index contributed by atoms with van der Waals surface area (Å²) < 4.78 is 1.81. The Kier molecular flexibility index (Phi) is 4.21. The van der Waals surface area contributed by atoms with Crippen LogP contribution in [0.4, 0.5) is 0 Å². The van der Waals surface area contributed by atoms with Crippen molar-refractivity contribution in [2.24, 2.45) is 5.92 Å². The van der Waals surface area contributed by atoms with Crippen LogP contribution in [0.5, 0.6) is 0 Å². The van der Waals surface area contributed by atoms with E-state index in [-0.39, 0.29) is 11.8 Å². The maximum Gasteiger partial charge on any atom is 0.257 e. The molecule has 1 aliphatic rings. The molecule has 3 heterocycles. The van der Waals surface area contributed by atoms with Gasteiger partial charge < -0.3 is 10.0 Å². The predicted molar refractivity (Wildman–Crippen MR) is 85.1 cm³/mol. The first-order valence-electron chi connectivity index (χ1n) is 8.00. The van der Waals surface area contributed by atoms with E-state index in [1.165, 1.54) is 0 Å². The summed E-state index contributed by atoms with van der Waals surface area (Å²) in [6.45, 7) is 7.50. The Bertz CT molecular complexity index is 705. The maximum atomic E-state index is 12.7. The van der Waals surface area contributed by atoms with E-state index in [0.29, 0.717) is 25.1 Å². The Balaban J connectivity index is 1.70. The molecule has 7 nitrogen and oxygen atoms in total. The first-order chi connectivity index (χ1) is 11.0. The zero-order chi connectivity index (χ0) is 16.6. The normalized spacial score (nSPS) is 21.1. The summed E-state index contributed by atoms with van der Waals surface area (Å²) in [4.78, 5) is 14.4. The zero-order valence-electron chi connectivity index (χ0n) is 13.8. The highest BCUT2D eigenvalue weighted by Crippen LogP contribution is 2.23. The molecule has 0 aliphatic carbocycles. The van der Waals surface area contributed by atoms with Crippen molar-refractivity contribution in [1.29, 1.82) is 0 Å². The monoisotopic (exact) mass is 317 g/mol. The zero-order valence-corrected chi connectivity index (χ0v) is 13.8. The molecule has 1 fully saturated rings. The van der Waals surface area contributed by atoms with Gasteiger partial charge in [-0.05, 0) is 33.3 Å². The molecule has 7 heteroatoms. The third-order valence-corrected chi connectivity index (χ3v) is 4.56. The van der Waals surface area contributed by atoms with Crippen LogP contribution in [-0.4, -0.2) is 55.1 Å². The van der Waals surface area contributed by atoms with Gasteiger partial charge in [0.15, 0.2) is 0 Å². The average molecular weight is 317 g/mol. The number of H-pyrrole nitrogens is 1. The fourth-order valence-corrected chi connectivity index (χ4v) is 3.21. The Morgan fingerprint density at radius 1 is 1.43 bits per heavy atom.